The van der Waals surface area contributed by atoms with Crippen molar-refractivity contribution in [1.82, 2.24) is 4.90 Å². The summed E-state index contributed by atoms with van der Waals surface area (Å²) in [5.74, 6) is 0.427. The summed E-state index contributed by atoms with van der Waals surface area (Å²) in [7, 11) is 0. The minimum Gasteiger partial charge on any atom is -0.489 e. The molecule has 0 saturated carbocycles. The molecule has 0 amide bonds. The zero-order valence-corrected chi connectivity index (χ0v) is 16.1. The zero-order valence-electron chi connectivity index (χ0n) is 15.4. The summed E-state index contributed by atoms with van der Waals surface area (Å²) in [4.78, 5) is 14.4. The van der Waals surface area contributed by atoms with Crippen LogP contribution < -0.4 is 10.4 Å². The quantitative estimate of drug-likeness (QED) is 0.747. The highest BCUT2D eigenvalue weighted by Gasteiger charge is 2.20. The molecule has 1 N–H and O–H groups in total. The maximum absolute atomic E-state index is 12.2. The second-order valence-electron chi connectivity index (χ2n) is 6.78. The summed E-state index contributed by atoms with van der Waals surface area (Å²) in [6, 6.07) is 3.48. The van der Waals surface area contributed by atoms with Gasteiger partial charge in [-0.05, 0) is 50.4 Å². The number of fused-ring (bicyclic) bond motifs is 3. The number of hydrogen-bond donors (Lipinski definition) is 1. The number of hydrogen-bond acceptors (Lipinski definition) is 5. The highest BCUT2D eigenvalue weighted by molar-refractivity contribution is 6.32. The second-order valence-corrected chi connectivity index (χ2v) is 7.19. The lowest BCUT2D eigenvalue weighted by Gasteiger charge is -2.22. The molecule has 0 saturated heterocycles. The Hall–Kier alpha value is -1.56. The maximum atomic E-state index is 12.2. The number of nitrogens with zero attached hydrogens (tertiary/aromatic N) is 1. The number of likely N-dealkylation sites (N-methyl/N-ethyl adjacent to an activating group) is 1. The van der Waals surface area contributed by atoms with E-state index in [0.717, 1.165) is 55.3 Å². The van der Waals surface area contributed by atoms with Crippen LogP contribution in [-0.4, -0.2) is 42.4 Å². The predicted octanol–water partition coefficient (Wildman–Crippen LogP) is 3.41. The van der Waals surface area contributed by atoms with E-state index in [2.05, 4.69) is 18.7 Å². The maximum Gasteiger partial charge on any atom is 0.339 e. The highest BCUT2D eigenvalue weighted by Crippen LogP contribution is 2.34. The van der Waals surface area contributed by atoms with Crippen molar-refractivity contribution in [2.75, 3.05) is 26.2 Å². The van der Waals surface area contributed by atoms with Crippen molar-refractivity contribution in [2.24, 2.45) is 0 Å². The van der Waals surface area contributed by atoms with E-state index in [4.69, 9.17) is 20.8 Å². The van der Waals surface area contributed by atoms with Crippen LogP contribution in [0, 0.1) is 0 Å². The molecule has 0 spiro atoms. The van der Waals surface area contributed by atoms with Crippen molar-refractivity contribution in [3.8, 4) is 5.75 Å². The topological polar surface area (TPSA) is 62.9 Å². The van der Waals surface area contributed by atoms with Gasteiger partial charge in [-0.2, -0.15) is 0 Å². The summed E-state index contributed by atoms with van der Waals surface area (Å²) in [6.07, 6.45) is 3.11. The zero-order chi connectivity index (χ0) is 18.7. The number of aliphatic hydroxyl groups is 1. The van der Waals surface area contributed by atoms with Crippen LogP contribution in [0.4, 0.5) is 0 Å². The molecule has 0 aliphatic heterocycles. The molecule has 1 aliphatic carbocycles. The van der Waals surface area contributed by atoms with Crippen molar-refractivity contribution in [2.45, 2.75) is 45.6 Å². The number of ether oxygens (including phenoxy) is 1. The number of halogens is 1. The Morgan fingerprint density at radius 3 is 2.62 bits per heavy atom. The molecule has 1 unspecified atom stereocenters. The molecular formula is C20H26ClNO4. The number of benzene rings is 1. The van der Waals surface area contributed by atoms with Crippen molar-refractivity contribution in [3.05, 3.63) is 38.7 Å². The summed E-state index contributed by atoms with van der Waals surface area (Å²) >= 11 is 6.39. The van der Waals surface area contributed by atoms with E-state index < -0.39 is 6.10 Å². The van der Waals surface area contributed by atoms with Gasteiger partial charge in [0.05, 0.1) is 5.02 Å². The van der Waals surface area contributed by atoms with E-state index >= 15 is 0 Å². The van der Waals surface area contributed by atoms with Gasteiger partial charge in [0.2, 0.25) is 0 Å². The van der Waals surface area contributed by atoms with Crippen molar-refractivity contribution in [3.63, 3.8) is 0 Å². The average molecular weight is 380 g/mol. The van der Waals surface area contributed by atoms with Gasteiger partial charge in [-0.15, -0.1) is 0 Å². The Kier molecular flexibility index (Phi) is 6.22. The fraction of sp³-hybridized carbons (Fsp3) is 0.550. The minimum absolute atomic E-state index is 0.136. The van der Waals surface area contributed by atoms with E-state index in [-0.39, 0.29) is 12.2 Å². The first kappa shape index (κ1) is 19.2. The van der Waals surface area contributed by atoms with Gasteiger partial charge in [-0.3, -0.25) is 0 Å². The normalized spacial score (nSPS) is 15.3. The van der Waals surface area contributed by atoms with E-state index in [0.29, 0.717) is 22.9 Å². The first-order chi connectivity index (χ1) is 12.5. The molecule has 0 fully saturated rings. The molecule has 1 atom stereocenters. The molecule has 0 bridgehead atoms. The number of rotatable bonds is 7. The van der Waals surface area contributed by atoms with Crippen molar-refractivity contribution in [1.29, 1.82) is 0 Å². The van der Waals surface area contributed by atoms with Crippen LogP contribution >= 0.6 is 11.6 Å². The minimum atomic E-state index is -0.614. The SMILES string of the molecule is CCN(CC)CC(O)COc1cc2oc(=O)c3c(c2cc1Cl)CCCC3. The Balaban J connectivity index is 1.82. The molecule has 26 heavy (non-hydrogen) atoms. The van der Waals surface area contributed by atoms with Gasteiger partial charge in [0.15, 0.2) is 0 Å². The number of aliphatic hydroxyl groups excluding tert-OH is 1. The summed E-state index contributed by atoms with van der Waals surface area (Å²) in [6.45, 7) is 6.54. The third-order valence-corrected chi connectivity index (χ3v) is 5.37. The van der Waals surface area contributed by atoms with Crippen LogP contribution in [0.1, 0.15) is 37.8 Å². The molecule has 1 aromatic heterocycles. The van der Waals surface area contributed by atoms with Crippen LogP contribution in [0.25, 0.3) is 11.0 Å². The van der Waals surface area contributed by atoms with Gasteiger partial charge in [-0.25, -0.2) is 4.79 Å². The van der Waals surface area contributed by atoms with Gasteiger partial charge in [0, 0.05) is 23.6 Å². The molecule has 0 radical (unpaired) electrons. The average Bonchev–Trinajstić information content (AvgIpc) is 2.65. The third-order valence-electron chi connectivity index (χ3n) is 5.07. The summed E-state index contributed by atoms with van der Waals surface area (Å²) in [5.41, 5.74) is 2.07. The first-order valence-corrected chi connectivity index (χ1v) is 9.72. The summed E-state index contributed by atoms with van der Waals surface area (Å²) in [5, 5.41) is 11.5. The van der Waals surface area contributed by atoms with Crippen LogP contribution in [0.5, 0.6) is 5.75 Å². The Morgan fingerprint density at radius 2 is 1.92 bits per heavy atom. The number of aryl methyl sites for hydroxylation is 1. The molecule has 1 aromatic carbocycles. The molecule has 1 heterocycles. The molecule has 1 aliphatic rings. The molecule has 2 aromatic rings. The lowest BCUT2D eigenvalue weighted by molar-refractivity contribution is 0.0717. The Labute approximate surface area is 158 Å². The predicted molar refractivity (Wildman–Crippen MR) is 103 cm³/mol. The largest absolute Gasteiger partial charge is 0.489 e. The first-order valence-electron chi connectivity index (χ1n) is 9.34. The third kappa shape index (κ3) is 4.05. The lowest BCUT2D eigenvalue weighted by atomic mass is 9.91. The van der Waals surface area contributed by atoms with Crippen molar-refractivity contribution < 1.29 is 14.3 Å². The fourth-order valence-electron chi connectivity index (χ4n) is 3.57. The smallest absolute Gasteiger partial charge is 0.339 e. The molecule has 3 rings (SSSR count). The fourth-order valence-corrected chi connectivity index (χ4v) is 3.79. The van der Waals surface area contributed by atoms with Gasteiger partial charge < -0.3 is 19.2 Å². The van der Waals surface area contributed by atoms with E-state index in [1.807, 2.05) is 6.07 Å². The standard InChI is InChI=1S/C20H26ClNO4/c1-3-22(4-2)11-13(23)12-25-19-10-18-16(9-17(19)21)14-7-5-6-8-15(14)20(24)26-18/h9-10,13,23H,3-8,11-12H2,1-2H3. The molecule has 5 nitrogen and oxygen atoms in total. The van der Waals surface area contributed by atoms with Crippen molar-refractivity contribution >= 4 is 22.6 Å². The van der Waals surface area contributed by atoms with E-state index in [1.54, 1.807) is 6.07 Å². The molecule has 6 heteroatoms. The van der Waals surface area contributed by atoms with Gasteiger partial charge in [0.25, 0.3) is 0 Å². The second kappa shape index (κ2) is 8.42. The van der Waals surface area contributed by atoms with Crippen LogP contribution in [0.15, 0.2) is 21.3 Å². The van der Waals surface area contributed by atoms with Gasteiger partial charge >= 0.3 is 5.63 Å². The lowest BCUT2D eigenvalue weighted by Crippen LogP contribution is -2.35. The van der Waals surface area contributed by atoms with Crippen LogP contribution in [0.3, 0.4) is 0 Å². The summed E-state index contributed by atoms with van der Waals surface area (Å²) < 4.78 is 11.2. The Morgan fingerprint density at radius 1 is 1.23 bits per heavy atom. The molecule has 142 valence electrons. The molecular weight excluding hydrogens is 354 g/mol. The van der Waals surface area contributed by atoms with Gasteiger partial charge in [0.1, 0.15) is 24.0 Å². The van der Waals surface area contributed by atoms with E-state index in [9.17, 15) is 9.90 Å². The Bertz CT molecular complexity index is 829. The van der Waals surface area contributed by atoms with Crippen LogP contribution in [-0.2, 0) is 12.8 Å². The van der Waals surface area contributed by atoms with Gasteiger partial charge in [-0.1, -0.05) is 25.4 Å². The monoisotopic (exact) mass is 379 g/mol. The van der Waals surface area contributed by atoms with E-state index in [1.165, 1.54) is 0 Å². The van der Waals surface area contributed by atoms with Crippen LogP contribution in [0.2, 0.25) is 5.02 Å². The highest BCUT2D eigenvalue weighted by atomic mass is 35.5.